The van der Waals surface area contributed by atoms with Gasteiger partial charge in [-0.3, -0.25) is 9.59 Å². The van der Waals surface area contributed by atoms with Crippen molar-refractivity contribution in [3.05, 3.63) is 47.9 Å². The molecule has 2 aliphatic heterocycles. The summed E-state index contributed by atoms with van der Waals surface area (Å²) in [6, 6.07) is 9.34. The van der Waals surface area contributed by atoms with Crippen LogP contribution in [0.15, 0.2) is 41.0 Å². The van der Waals surface area contributed by atoms with Gasteiger partial charge in [0.25, 0.3) is 0 Å². The Morgan fingerprint density at radius 1 is 1.00 bits per heavy atom. The maximum absolute atomic E-state index is 13.6. The van der Waals surface area contributed by atoms with E-state index in [0.29, 0.717) is 49.9 Å². The number of rotatable bonds is 13. The fraction of sp³-hybridized carbons (Fsp3) is 0.556. The highest BCUT2D eigenvalue weighted by Crippen LogP contribution is 2.33. The van der Waals surface area contributed by atoms with Crippen molar-refractivity contribution in [2.45, 2.75) is 71.1 Å². The highest BCUT2D eigenvalue weighted by Gasteiger charge is 2.27. The van der Waals surface area contributed by atoms with Crippen molar-refractivity contribution in [3.8, 4) is 11.5 Å². The largest absolute Gasteiger partial charge is 0.467 e. The van der Waals surface area contributed by atoms with Gasteiger partial charge in [0.2, 0.25) is 18.6 Å². The minimum atomic E-state index is -0.126. The van der Waals surface area contributed by atoms with Gasteiger partial charge in [0.15, 0.2) is 11.5 Å². The topological polar surface area (TPSA) is 81.5 Å². The van der Waals surface area contributed by atoms with Crippen LogP contribution < -0.4 is 9.47 Å². The third kappa shape index (κ3) is 7.24. The molecule has 8 heteroatoms. The SMILES string of the molecule is CCCCCCC(=O)N(CC(=O)N(Cc1ccc2c(c1)OCO2)Cc1ccco1)CC1CCCO1. The predicted molar refractivity (Wildman–Crippen MR) is 130 cm³/mol. The number of unbranched alkanes of at least 4 members (excludes halogenated alkanes) is 3. The van der Waals surface area contributed by atoms with Crippen molar-refractivity contribution in [2.75, 3.05) is 26.5 Å². The fourth-order valence-electron chi connectivity index (χ4n) is 4.50. The summed E-state index contributed by atoms with van der Waals surface area (Å²) < 4.78 is 22.2. The summed E-state index contributed by atoms with van der Waals surface area (Å²) in [5, 5.41) is 0. The van der Waals surface area contributed by atoms with Gasteiger partial charge >= 0.3 is 0 Å². The summed E-state index contributed by atoms with van der Waals surface area (Å²) in [6.45, 7) is 4.23. The second-order valence-corrected chi connectivity index (χ2v) is 9.24. The highest BCUT2D eigenvalue weighted by atomic mass is 16.7. The molecule has 4 rings (SSSR count). The van der Waals surface area contributed by atoms with Crippen LogP contribution in [0.2, 0.25) is 0 Å². The number of carbonyl (C=O) groups is 2. The molecule has 2 aliphatic rings. The van der Waals surface area contributed by atoms with E-state index in [1.807, 2.05) is 30.3 Å². The summed E-state index contributed by atoms with van der Waals surface area (Å²) in [6.07, 6.45) is 8.07. The summed E-state index contributed by atoms with van der Waals surface area (Å²) in [7, 11) is 0. The summed E-state index contributed by atoms with van der Waals surface area (Å²) in [5.74, 6) is 1.96. The molecule has 35 heavy (non-hydrogen) atoms. The second kappa shape index (κ2) is 12.6. The number of hydrogen-bond acceptors (Lipinski definition) is 6. The van der Waals surface area contributed by atoms with Crippen LogP contribution >= 0.6 is 0 Å². The van der Waals surface area contributed by atoms with Gasteiger partial charge < -0.3 is 28.4 Å². The quantitative estimate of drug-likeness (QED) is 0.389. The molecule has 0 N–H and O–H groups in total. The average molecular weight is 485 g/mol. The first-order valence-corrected chi connectivity index (χ1v) is 12.7. The van der Waals surface area contributed by atoms with E-state index in [4.69, 9.17) is 18.6 Å². The number of amides is 2. The van der Waals surface area contributed by atoms with E-state index in [0.717, 1.165) is 44.1 Å². The molecule has 2 amide bonds. The van der Waals surface area contributed by atoms with Gasteiger partial charge in [0, 0.05) is 26.1 Å². The molecule has 1 atom stereocenters. The van der Waals surface area contributed by atoms with Crippen LogP contribution in [0, 0.1) is 0 Å². The lowest BCUT2D eigenvalue weighted by Gasteiger charge is -2.29. The summed E-state index contributed by atoms with van der Waals surface area (Å²) >= 11 is 0. The molecular weight excluding hydrogens is 448 g/mol. The summed E-state index contributed by atoms with van der Waals surface area (Å²) in [5.41, 5.74) is 0.922. The van der Waals surface area contributed by atoms with Crippen LogP contribution in [0.25, 0.3) is 0 Å². The lowest BCUT2D eigenvalue weighted by atomic mass is 10.1. The Labute approximate surface area is 207 Å². The Balaban J connectivity index is 1.45. The first-order chi connectivity index (χ1) is 17.1. The van der Waals surface area contributed by atoms with Crippen LogP contribution in [0.5, 0.6) is 11.5 Å². The van der Waals surface area contributed by atoms with Gasteiger partial charge in [-0.2, -0.15) is 0 Å². The first-order valence-electron chi connectivity index (χ1n) is 12.7. The Bertz CT molecular complexity index is 955. The smallest absolute Gasteiger partial charge is 0.242 e. The van der Waals surface area contributed by atoms with Crippen molar-refractivity contribution in [2.24, 2.45) is 0 Å². The molecule has 1 saturated heterocycles. The number of nitrogens with zero attached hydrogens (tertiary/aromatic N) is 2. The zero-order valence-corrected chi connectivity index (χ0v) is 20.6. The Morgan fingerprint density at radius 2 is 1.89 bits per heavy atom. The third-order valence-corrected chi connectivity index (χ3v) is 6.46. The van der Waals surface area contributed by atoms with Crippen LogP contribution in [-0.2, 0) is 27.4 Å². The Morgan fingerprint density at radius 3 is 2.66 bits per heavy atom. The molecular formula is C27H36N2O6. The molecule has 0 radical (unpaired) electrons. The van der Waals surface area contributed by atoms with Crippen molar-refractivity contribution >= 4 is 11.8 Å². The fourth-order valence-corrected chi connectivity index (χ4v) is 4.50. The van der Waals surface area contributed by atoms with Crippen LogP contribution in [0.3, 0.4) is 0 Å². The van der Waals surface area contributed by atoms with E-state index >= 15 is 0 Å². The maximum atomic E-state index is 13.6. The number of hydrogen-bond donors (Lipinski definition) is 0. The molecule has 1 unspecified atom stereocenters. The van der Waals surface area contributed by atoms with E-state index in [-0.39, 0.29) is 31.3 Å². The van der Waals surface area contributed by atoms with Crippen molar-refractivity contribution in [1.82, 2.24) is 9.80 Å². The van der Waals surface area contributed by atoms with E-state index < -0.39 is 0 Å². The predicted octanol–water partition coefficient (Wildman–Crippen LogP) is 4.52. The minimum Gasteiger partial charge on any atom is -0.467 e. The lowest BCUT2D eigenvalue weighted by molar-refractivity contribution is -0.142. The molecule has 0 bridgehead atoms. The molecule has 1 aromatic carbocycles. The molecule has 1 aromatic heterocycles. The second-order valence-electron chi connectivity index (χ2n) is 9.24. The molecule has 0 aliphatic carbocycles. The minimum absolute atomic E-state index is 0.00484. The molecule has 2 aromatic rings. The van der Waals surface area contributed by atoms with Crippen molar-refractivity contribution in [1.29, 1.82) is 0 Å². The molecule has 0 saturated carbocycles. The summed E-state index contributed by atoms with van der Waals surface area (Å²) in [4.78, 5) is 30.1. The van der Waals surface area contributed by atoms with Crippen LogP contribution in [0.4, 0.5) is 0 Å². The monoisotopic (exact) mass is 484 g/mol. The lowest BCUT2D eigenvalue weighted by Crippen LogP contribution is -2.45. The molecule has 0 spiro atoms. The third-order valence-electron chi connectivity index (χ3n) is 6.46. The Hall–Kier alpha value is -3.00. The number of fused-ring (bicyclic) bond motifs is 1. The zero-order valence-electron chi connectivity index (χ0n) is 20.6. The van der Waals surface area contributed by atoms with Gasteiger partial charge in [-0.1, -0.05) is 32.3 Å². The van der Waals surface area contributed by atoms with Gasteiger partial charge in [0.1, 0.15) is 5.76 Å². The van der Waals surface area contributed by atoms with E-state index in [2.05, 4.69) is 6.92 Å². The van der Waals surface area contributed by atoms with E-state index in [1.54, 1.807) is 16.1 Å². The number of carbonyl (C=O) groups excluding carboxylic acids is 2. The normalized spacial score (nSPS) is 16.4. The molecule has 1 fully saturated rings. The van der Waals surface area contributed by atoms with E-state index in [1.165, 1.54) is 0 Å². The van der Waals surface area contributed by atoms with Gasteiger partial charge in [-0.25, -0.2) is 0 Å². The zero-order chi connectivity index (χ0) is 24.5. The standard InChI is InChI=1S/C27H36N2O6/c1-2-3-4-5-10-26(30)29(18-23-9-7-14-33-23)19-27(31)28(17-22-8-6-13-32-22)16-21-11-12-24-25(15-21)35-20-34-24/h6,8,11-13,15,23H,2-5,7,9-10,14,16-20H2,1H3. The maximum Gasteiger partial charge on any atom is 0.242 e. The molecule has 190 valence electrons. The molecule has 8 nitrogen and oxygen atoms in total. The van der Waals surface area contributed by atoms with Crippen LogP contribution in [0.1, 0.15) is 63.2 Å². The van der Waals surface area contributed by atoms with Crippen molar-refractivity contribution < 1.29 is 28.2 Å². The number of furan rings is 1. The highest BCUT2D eigenvalue weighted by molar-refractivity contribution is 5.85. The number of ether oxygens (including phenoxy) is 3. The first kappa shape index (κ1) is 25.1. The van der Waals surface area contributed by atoms with Gasteiger partial charge in [-0.05, 0) is 49.1 Å². The number of benzene rings is 1. The van der Waals surface area contributed by atoms with Crippen LogP contribution in [-0.4, -0.2) is 54.2 Å². The molecule has 3 heterocycles. The van der Waals surface area contributed by atoms with Crippen molar-refractivity contribution in [3.63, 3.8) is 0 Å². The van der Waals surface area contributed by atoms with E-state index in [9.17, 15) is 9.59 Å². The van der Waals surface area contributed by atoms with Gasteiger partial charge in [0.05, 0.1) is 25.5 Å². The van der Waals surface area contributed by atoms with Gasteiger partial charge in [-0.15, -0.1) is 0 Å². The Kier molecular flexibility index (Phi) is 9.06. The average Bonchev–Trinajstić information content (AvgIpc) is 3.64.